The molecule has 0 aliphatic rings. The third-order valence-electron chi connectivity index (χ3n) is 2.75. The fourth-order valence-electron chi connectivity index (χ4n) is 1.83. The standard InChI is InChI=1S/C13H16ClN3O/c1-8-11(7-15-2)17-13(16-8)10-6-9(14)4-5-12(10)18-3/h4-6,15H,7H2,1-3H3,(H,16,17). The molecule has 0 saturated carbocycles. The van der Waals surface area contributed by atoms with E-state index in [2.05, 4.69) is 15.3 Å². The lowest BCUT2D eigenvalue weighted by molar-refractivity contribution is 0.416. The average molecular weight is 266 g/mol. The zero-order chi connectivity index (χ0) is 13.1. The van der Waals surface area contributed by atoms with E-state index in [9.17, 15) is 0 Å². The van der Waals surface area contributed by atoms with Crippen molar-refractivity contribution in [2.75, 3.05) is 14.2 Å². The van der Waals surface area contributed by atoms with E-state index in [4.69, 9.17) is 16.3 Å². The predicted octanol–water partition coefficient (Wildman–Crippen LogP) is 2.77. The fourth-order valence-corrected chi connectivity index (χ4v) is 2.00. The lowest BCUT2D eigenvalue weighted by atomic mass is 10.2. The molecule has 0 radical (unpaired) electrons. The number of nitrogens with zero attached hydrogens (tertiary/aromatic N) is 1. The number of H-pyrrole nitrogens is 1. The summed E-state index contributed by atoms with van der Waals surface area (Å²) < 4.78 is 5.33. The molecular weight excluding hydrogens is 250 g/mol. The highest BCUT2D eigenvalue weighted by Crippen LogP contribution is 2.31. The number of halogens is 1. The lowest BCUT2D eigenvalue weighted by Crippen LogP contribution is -2.06. The molecule has 18 heavy (non-hydrogen) atoms. The maximum atomic E-state index is 6.02. The number of hydrogen-bond acceptors (Lipinski definition) is 3. The average Bonchev–Trinajstić information content (AvgIpc) is 2.71. The lowest BCUT2D eigenvalue weighted by Gasteiger charge is -2.06. The summed E-state index contributed by atoms with van der Waals surface area (Å²) in [6.45, 7) is 2.73. The third kappa shape index (κ3) is 2.49. The Kier molecular flexibility index (Phi) is 3.89. The molecule has 0 fully saturated rings. The number of methoxy groups -OCH3 is 1. The van der Waals surface area contributed by atoms with Gasteiger partial charge in [-0.15, -0.1) is 0 Å². The molecule has 0 saturated heterocycles. The molecule has 1 aromatic carbocycles. The SMILES string of the molecule is CNCc1nc(-c2cc(Cl)ccc2OC)[nH]c1C. The van der Waals surface area contributed by atoms with E-state index in [1.54, 1.807) is 13.2 Å². The monoisotopic (exact) mass is 265 g/mol. The van der Waals surface area contributed by atoms with Gasteiger partial charge in [-0.25, -0.2) is 4.98 Å². The molecule has 0 spiro atoms. The number of benzene rings is 1. The normalized spacial score (nSPS) is 10.7. The summed E-state index contributed by atoms with van der Waals surface area (Å²) in [7, 11) is 3.53. The zero-order valence-electron chi connectivity index (χ0n) is 10.7. The van der Waals surface area contributed by atoms with Gasteiger partial charge in [0.1, 0.15) is 11.6 Å². The number of hydrogen-bond donors (Lipinski definition) is 2. The molecule has 0 atom stereocenters. The van der Waals surface area contributed by atoms with Crippen LogP contribution in [-0.4, -0.2) is 24.1 Å². The van der Waals surface area contributed by atoms with E-state index in [0.29, 0.717) is 5.02 Å². The molecule has 5 heteroatoms. The highest BCUT2D eigenvalue weighted by Gasteiger charge is 2.12. The van der Waals surface area contributed by atoms with E-state index in [1.165, 1.54) is 0 Å². The number of aryl methyl sites for hydroxylation is 1. The number of imidazole rings is 1. The van der Waals surface area contributed by atoms with Crippen LogP contribution >= 0.6 is 11.6 Å². The Balaban J connectivity index is 2.47. The van der Waals surface area contributed by atoms with Crippen LogP contribution in [0, 0.1) is 6.92 Å². The van der Waals surface area contributed by atoms with Gasteiger partial charge in [0.15, 0.2) is 0 Å². The summed E-state index contributed by atoms with van der Waals surface area (Å²) in [6, 6.07) is 5.49. The van der Waals surface area contributed by atoms with Crippen molar-refractivity contribution in [3.05, 3.63) is 34.6 Å². The summed E-state index contributed by atoms with van der Waals surface area (Å²) in [4.78, 5) is 7.82. The summed E-state index contributed by atoms with van der Waals surface area (Å²) in [5.41, 5.74) is 2.91. The van der Waals surface area contributed by atoms with Crippen LogP contribution in [0.4, 0.5) is 0 Å². The Morgan fingerprint density at radius 3 is 2.89 bits per heavy atom. The predicted molar refractivity (Wildman–Crippen MR) is 73.1 cm³/mol. The first-order valence-electron chi connectivity index (χ1n) is 5.69. The second-order valence-electron chi connectivity index (χ2n) is 4.03. The van der Waals surface area contributed by atoms with Crippen LogP contribution in [0.15, 0.2) is 18.2 Å². The largest absolute Gasteiger partial charge is 0.496 e. The van der Waals surface area contributed by atoms with Crippen molar-refractivity contribution >= 4 is 11.6 Å². The van der Waals surface area contributed by atoms with E-state index in [1.807, 2.05) is 26.1 Å². The highest BCUT2D eigenvalue weighted by molar-refractivity contribution is 6.30. The molecule has 2 N–H and O–H groups in total. The van der Waals surface area contributed by atoms with Gasteiger partial charge in [0, 0.05) is 17.3 Å². The number of aromatic amines is 1. The molecule has 4 nitrogen and oxygen atoms in total. The summed E-state index contributed by atoms with van der Waals surface area (Å²) >= 11 is 6.02. The minimum absolute atomic E-state index is 0.662. The molecule has 0 unspecified atom stereocenters. The number of nitrogens with one attached hydrogen (secondary N) is 2. The Morgan fingerprint density at radius 2 is 2.22 bits per heavy atom. The van der Waals surface area contributed by atoms with Crippen molar-refractivity contribution in [1.29, 1.82) is 0 Å². The van der Waals surface area contributed by atoms with Gasteiger partial charge in [0.25, 0.3) is 0 Å². The topological polar surface area (TPSA) is 49.9 Å². The second-order valence-corrected chi connectivity index (χ2v) is 4.47. The first-order valence-corrected chi connectivity index (χ1v) is 6.07. The van der Waals surface area contributed by atoms with E-state index >= 15 is 0 Å². The molecule has 2 rings (SSSR count). The molecule has 96 valence electrons. The van der Waals surface area contributed by atoms with Crippen LogP contribution in [0.1, 0.15) is 11.4 Å². The Labute approximate surface area is 111 Å². The molecule has 0 amide bonds. The highest BCUT2D eigenvalue weighted by atomic mass is 35.5. The van der Waals surface area contributed by atoms with Gasteiger partial charge in [-0.1, -0.05) is 11.6 Å². The Hall–Kier alpha value is -1.52. The van der Waals surface area contributed by atoms with Gasteiger partial charge in [0.2, 0.25) is 0 Å². The van der Waals surface area contributed by atoms with Gasteiger partial charge >= 0.3 is 0 Å². The van der Waals surface area contributed by atoms with Crippen LogP contribution in [0.3, 0.4) is 0 Å². The number of rotatable bonds is 4. The van der Waals surface area contributed by atoms with Gasteiger partial charge in [-0.3, -0.25) is 0 Å². The van der Waals surface area contributed by atoms with Crippen molar-refractivity contribution in [3.63, 3.8) is 0 Å². The van der Waals surface area contributed by atoms with Crippen LogP contribution < -0.4 is 10.1 Å². The van der Waals surface area contributed by atoms with Crippen LogP contribution in [0.2, 0.25) is 5.02 Å². The Bertz CT molecular complexity index is 551. The van der Waals surface area contributed by atoms with Crippen molar-refractivity contribution in [1.82, 2.24) is 15.3 Å². The van der Waals surface area contributed by atoms with Gasteiger partial charge in [0.05, 0.1) is 18.4 Å². The molecule has 0 bridgehead atoms. The summed E-state index contributed by atoms with van der Waals surface area (Å²) in [5, 5.41) is 3.75. The van der Waals surface area contributed by atoms with Crippen molar-refractivity contribution in [3.8, 4) is 17.1 Å². The van der Waals surface area contributed by atoms with E-state index < -0.39 is 0 Å². The minimum Gasteiger partial charge on any atom is -0.496 e. The van der Waals surface area contributed by atoms with Crippen molar-refractivity contribution in [2.45, 2.75) is 13.5 Å². The molecular formula is C13H16ClN3O. The maximum absolute atomic E-state index is 6.02. The summed E-state index contributed by atoms with van der Waals surface area (Å²) in [5.74, 6) is 1.53. The fraction of sp³-hybridized carbons (Fsp3) is 0.308. The molecule has 1 aromatic heterocycles. The van der Waals surface area contributed by atoms with E-state index in [0.717, 1.165) is 35.1 Å². The molecule has 0 aliphatic heterocycles. The molecule has 0 aliphatic carbocycles. The van der Waals surface area contributed by atoms with Crippen molar-refractivity contribution in [2.24, 2.45) is 0 Å². The third-order valence-corrected chi connectivity index (χ3v) is 2.98. The maximum Gasteiger partial charge on any atom is 0.141 e. The first kappa shape index (κ1) is 12.9. The molecule has 1 heterocycles. The zero-order valence-corrected chi connectivity index (χ0v) is 11.4. The number of aromatic nitrogens is 2. The van der Waals surface area contributed by atoms with Crippen LogP contribution in [0.5, 0.6) is 5.75 Å². The molecule has 2 aromatic rings. The summed E-state index contributed by atoms with van der Waals surface area (Å²) in [6.07, 6.45) is 0. The van der Waals surface area contributed by atoms with Gasteiger partial charge in [-0.05, 0) is 32.2 Å². The van der Waals surface area contributed by atoms with Gasteiger partial charge < -0.3 is 15.0 Å². The van der Waals surface area contributed by atoms with Crippen molar-refractivity contribution < 1.29 is 4.74 Å². The van der Waals surface area contributed by atoms with E-state index in [-0.39, 0.29) is 0 Å². The smallest absolute Gasteiger partial charge is 0.141 e. The van der Waals surface area contributed by atoms with Crippen LogP contribution in [0.25, 0.3) is 11.4 Å². The number of ether oxygens (including phenoxy) is 1. The second kappa shape index (κ2) is 5.42. The Morgan fingerprint density at radius 1 is 1.44 bits per heavy atom. The quantitative estimate of drug-likeness (QED) is 0.894. The first-order chi connectivity index (χ1) is 8.65. The van der Waals surface area contributed by atoms with Crippen LogP contribution in [-0.2, 0) is 6.54 Å². The minimum atomic E-state index is 0.662. The van der Waals surface area contributed by atoms with Gasteiger partial charge in [-0.2, -0.15) is 0 Å².